The summed E-state index contributed by atoms with van der Waals surface area (Å²) in [6, 6.07) is 16.9. The fraction of sp³-hybridized carbons (Fsp3) is 0.143. The minimum absolute atomic E-state index is 0.190. The minimum atomic E-state index is -3.69. The molecule has 1 amide bonds. The van der Waals surface area contributed by atoms with Crippen molar-refractivity contribution in [2.24, 2.45) is 0 Å². The van der Waals surface area contributed by atoms with Crippen LogP contribution in [0.2, 0.25) is 0 Å². The van der Waals surface area contributed by atoms with E-state index in [9.17, 15) is 13.2 Å². The number of hydrogen-bond donors (Lipinski definition) is 2. The maximum Gasteiger partial charge on any atom is 0.261 e. The highest BCUT2D eigenvalue weighted by Gasteiger charge is 2.16. The number of sulfonamides is 1. The van der Waals surface area contributed by atoms with E-state index in [0.29, 0.717) is 23.4 Å². The lowest BCUT2D eigenvalue weighted by molar-refractivity contribution is 0.0950. The SMILES string of the molecule is Cc1ccc(S(=O)(=O)Nc2ccc(C(=O)NCc3ccccn3)cc2C)cc1. The van der Waals surface area contributed by atoms with Crippen molar-refractivity contribution in [3.63, 3.8) is 0 Å². The van der Waals surface area contributed by atoms with Gasteiger partial charge < -0.3 is 5.32 Å². The first-order valence-corrected chi connectivity index (χ1v) is 10.2. The van der Waals surface area contributed by atoms with Gasteiger partial charge in [0, 0.05) is 11.8 Å². The zero-order chi connectivity index (χ0) is 20.1. The van der Waals surface area contributed by atoms with Gasteiger partial charge in [0.05, 0.1) is 22.8 Å². The van der Waals surface area contributed by atoms with Gasteiger partial charge in [0.2, 0.25) is 0 Å². The van der Waals surface area contributed by atoms with Crippen LogP contribution in [0.25, 0.3) is 0 Å². The van der Waals surface area contributed by atoms with E-state index in [0.717, 1.165) is 11.3 Å². The standard InChI is InChI=1S/C21H21N3O3S/c1-15-6-9-19(10-7-15)28(26,27)24-20-11-8-17(13-16(20)2)21(25)23-14-18-5-3-4-12-22-18/h3-13,24H,14H2,1-2H3,(H,23,25). The second kappa shape index (κ2) is 8.22. The van der Waals surface area contributed by atoms with E-state index in [1.807, 2.05) is 25.1 Å². The summed E-state index contributed by atoms with van der Waals surface area (Å²) in [4.78, 5) is 16.7. The Morgan fingerprint density at radius 2 is 1.75 bits per heavy atom. The molecule has 0 aliphatic rings. The molecule has 7 heteroatoms. The molecule has 0 saturated carbocycles. The largest absolute Gasteiger partial charge is 0.346 e. The summed E-state index contributed by atoms with van der Waals surface area (Å²) in [5, 5.41) is 2.80. The molecule has 6 nitrogen and oxygen atoms in total. The molecule has 1 heterocycles. The van der Waals surface area contributed by atoms with Crippen molar-refractivity contribution in [2.45, 2.75) is 25.3 Å². The third-order valence-corrected chi connectivity index (χ3v) is 5.60. The first kappa shape index (κ1) is 19.6. The Morgan fingerprint density at radius 1 is 1.00 bits per heavy atom. The molecular formula is C21H21N3O3S. The van der Waals surface area contributed by atoms with Gasteiger partial charge in [-0.1, -0.05) is 23.8 Å². The Balaban J connectivity index is 1.71. The normalized spacial score (nSPS) is 11.1. The lowest BCUT2D eigenvalue weighted by atomic mass is 10.1. The van der Waals surface area contributed by atoms with Crippen molar-refractivity contribution in [2.75, 3.05) is 4.72 Å². The zero-order valence-corrected chi connectivity index (χ0v) is 16.5. The number of aromatic nitrogens is 1. The van der Waals surface area contributed by atoms with Gasteiger partial charge in [0.15, 0.2) is 0 Å². The zero-order valence-electron chi connectivity index (χ0n) is 15.6. The van der Waals surface area contributed by atoms with Gasteiger partial charge in [-0.15, -0.1) is 0 Å². The number of carbonyl (C=O) groups is 1. The first-order chi connectivity index (χ1) is 13.3. The lowest BCUT2D eigenvalue weighted by Gasteiger charge is -2.12. The molecule has 0 fully saturated rings. The highest BCUT2D eigenvalue weighted by Crippen LogP contribution is 2.21. The number of carbonyl (C=O) groups excluding carboxylic acids is 1. The maximum atomic E-state index is 12.5. The fourth-order valence-electron chi connectivity index (χ4n) is 2.62. The van der Waals surface area contributed by atoms with Crippen LogP contribution in [0.1, 0.15) is 27.2 Å². The molecule has 3 aromatic rings. The van der Waals surface area contributed by atoms with Crippen LogP contribution in [0.5, 0.6) is 0 Å². The Bertz CT molecular complexity index is 1080. The molecule has 0 saturated heterocycles. The van der Waals surface area contributed by atoms with Gasteiger partial charge >= 0.3 is 0 Å². The molecule has 0 bridgehead atoms. The van der Waals surface area contributed by atoms with Gasteiger partial charge in [-0.3, -0.25) is 14.5 Å². The predicted octanol–water partition coefficient (Wildman–Crippen LogP) is 3.43. The topological polar surface area (TPSA) is 88.2 Å². The molecule has 2 aromatic carbocycles. The highest BCUT2D eigenvalue weighted by molar-refractivity contribution is 7.92. The highest BCUT2D eigenvalue weighted by atomic mass is 32.2. The Hall–Kier alpha value is -3.19. The molecular weight excluding hydrogens is 374 g/mol. The summed E-state index contributed by atoms with van der Waals surface area (Å²) in [6.07, 6.45) is 1.67. The van der Waals surface area contributed by atoms with E-state index in [-0.39, 0.29) is 10.8 Å². The molecule has 0 aliphatic heterocycles. The van der Waals surface area contributed by atoms with E-state index in [1.54, 1.807) is 55.6 Å². The average Bonchev–Trinajstić information content (AvgIpc) is 2.68. The number of aryl methyl sites for hydroxylation is 2. The van der Waals surface area contributed by atoms with Crippen molar-refractivity contribution < 1.29 is 13.2 Å². The Kier molecular flexibility index (Phi) is 5.75. The number of rotatable bonds is 6. The third-order valence-electron chi connectivity index (χ3n) is 4.22. The molecule has 0 aliphatic carbocycles. The maximum absolute atomic E-state index is 12.5. The van der Waals surface area contributed by atoms with E-state index in [1.165, 1.54) is 0 Å². The molecule has 1 aromatic heterocycles. The van der Waals surface area contributed by atoms with Crippen LogP contribution >= 0.6 is 0 Å². The van der Waals surface area contributed by atoms with Crippen LogP contribution in [0.3, 0.4) is 0 Å². The molecule has 3 rings (SSSR count). The number of nitrogens with zero attached hydrogens (tertiary/aromatic N) is 1. The minimum Gasteiger partial charge on any atom is -0.346 e. The van der Waals surface area contributed by atoms with Gasteiger partial charge in [0.25, 0.3) is 15.9 Å². The van der Waals surface area contributed by atoms with Crippen molar-refractivity contribution >= 4 is 21.6 Å². The van der Waals surface area contributed by atoms with Crippen molar-refractivity contribution in [3.05, 3.63) is 89.2 Å². The number of amides is 1. The average molecular weight is 395 g/mol. The van der Waals surface area contributed by atoms with Crippen molar-refractivity contribution in [3.8, 4) is 0 Å². The Morgan fingerprint density at radius 3 is 2.39 bits per heavy atom. The smallest absolute Gasteiger partial charge is 0.261 e. The van der Waals surface area contributed by atoms with E-state index >= 15 is 0 Å². The number of pyridine rings is 1. The van der Waals surface area contributed by atoms with Gasteiger partial charge in [-0.25, -0.2) is 8.42 Å². The second-order valence-electron chi connectivity index (χ2n) is 6.45. The van der Waals surface area contributed by atoms with Gasteiger partial charge in [-0.05, 0) is 61.9 Å². The summed E-state index contributed by atoms with van der Waals surface area (Å²) in [7, 11) is -3.69. The monoisotopic (exact) mass is 395 g/mol. The predicted molar refractivity (Wildman–Crippen MR) is 109 cm³/mol. The molecule has 0 radical (unpaired) electrons. The summed E-state index contributed by atoms with van der Waals surface area (Å²) in [6.45, 7) is 3.97. The summed E-state index contributed by atoms with van der Waals surface area (Å²) in [5.41, 5.74) is 3.28. The molecule has 0 unspecified atom stereocenters. The van der Waals surface area contributed by atoms with Crippen LogP contribution < -0.4 is 10.0 Å². The summed E-state index contributed by atoms with van der Waals surface area (Å²) >= 11 is 0. The number of anilines is 1. The van der Waals surface area contributed by atoms with Crippen LogP contribution in [0.15, 0.2) is 71.8 Å². The van der Waals surface area contributed by atoms with E-state index < -0.39 is 10.0 Å². The fourth-order valence-corrected chi connectivity index (χ4v) is 3.75. The van der Waals surface area contributed by atoms with Crippen LogP contribution in [-0.2, 0) is 16.6 Å². The van der Waals surface area contributed by atoms with Crippen LogP contribution in [-0.4, -0.2) is 19.3 Å². The van der Waals surface area contributed by atoms with Gasteiger partial charge in [0.1, 0.15) is 0 Å². The van der Waals surface area contributed by atoms with E-state index in [2.05, 4.69) is 15.0 Å². The molecule has 0 atom stereocenters. The van der Waals surface area contributed by atoms with E-state index in [4.69, 9.17) is 0 Å². The quantitative estimate of drug-likeness (QED) is 0.669. The molecule has 2 N–H and O–H groups in total. The second-order valence-corrected chi connectivity index (χ2v) is 8.13. The molecule has 0 spiro atoms. The summed E-state index contributed by atoms with van der Waals surface area (Å²) in [5.74, 6) is -0.248. The first-order valence-electron chi connectivity index (χ1n) is 8.73. The van der Waals surface area contributed by atoms with Crippen LogP contribution in [0.4, 0.5) is 5.69 Å². The molecule has 28 heavy (non-hydrogen) atoms. The van der Waals surface area contributed by atoms with Crippen molar-refractivity contribution in [1.29, 1.82) is 0 Å². The number of nitrogens with one attached hydrogen (secondary N) is 2. The Labute approximate surface area is 164 Å². The summed E-state index contributed by atoms with van der Waals surface area (Å²) < 4.78 is 27.7. The van der Waals surface area contributed by atoms with Gasteiger partial charge in [-0.2, -0.15) is 0 Å². The third kappa shape index (κ3) is 4.75. The number of hydrogen-bond acceptors (Lipinski definition) is 4. The molecule has 144 valence electrons. The lowest BCUT2D eigenvalue weighted by Crippen LogP contribution is -2.23. The van der Waals surface area contributed by atoms with Crippen LogP contribution in [0, 0.1) is 13.8 Å². The van der Waals surface area contributed by atoms with Crippen molar-refractivity contribution in [1.82, 2.24) is 10.3 Å². The number of benzene rings is 2.